The highest BCUT2D eigenvalue weighted by atomic mass is 16.2. The molecule has 2 aromatic carbocycles. The molecule has 3 rings (SSSR count). The number of hydrogen-bond acceptors (Lipinski definition) is 2. The topological polar surface area (TPSA) is 41.5 Å². The number of nitrogens with zero attached hydrogens (tertiary/aromatic N) is 1. The first kappa shape index (κ1) is 14.0. The van der Waals surface area contributed by atoms with Gasteiger partial charge in [-0.25, -0.2) is 4.99 Å². The molecule has 108 valence electrons. The van der Waals surface area contributed by atoms with Crippen LogP contribution in [-0.4, -0.2) is 11.7 Å². The Morgan fingerprint density at radius 1 is 1.00 bits per heavy atom. The Bertz CT molecular complexity index is 772. The van der Waals surface area contributed by atoms with Crippen LogP contribution < -0.4 is 5.32 Å². The van der Waals surface area contributed by atoms with Crippen LogP contribution in [0.4, 0.5) is 0 Å². The summed E-state index contributed by atoms with van der Waals surface area (Å²) in [5.41, 5.74) is 3.42. The lowest BCUT2D eigenvalue weighted by atomic mass is 10.1. The van der Waals surface area contributed by atoms with Gasteiger partial charge in [0, 0.05) is 5.56 Å². The van der Waals surface area contributed by atoms with E-state index in [1.54, 1.807) is 6.08 Å². The molecule has 0 radical (unpaired) electrons. The summed E-state index contributed by atoms with van der Waals surface area (Å²) < 4.78 is 0. The van der Waals surface area contributed by atoms with Crippen molar-refractivity contribution < 1.29 is 4.79 Å². The van der Waals surface area contributed by atoms with Gasteiger partial charge in [-0.3, -0.25) is 4.79 Å². The molecule has 3 heteroatoms. The molecule has 1 aliphatic rings. The Hall–Kier alpha value is -2.94. The fraction of sp³-hybridized carbons (Fsp3) is 0.0526. The second-order valence-electron chi connectivity index (χ2n) is 5.11. The number of rotatable bonds is 3. The molecule has 2 aromatic rings. The van der Waals surface area contributed by atoms with Gasteiger partial charge in [-0.1, -0.05) is 66.7 Å². The lowest BCUT2D eigenvalue weighted by Crippen LogP contribution is -2.24. The van der Waals surface area contributed by atoms with Gasteiger partial charge in [0.2, 0.25) is 0 Å². The first-order chi connectivity index (χ1) is 10.7. The number of amidine groups is 1. The molecule has 0 spiro atoms. The summed E-state index contributed by atoms with van der Waals surface area (Å²) in [6, 6.07) is 19.6. The zero-order chi connectivity index (χ0) is 15.4. The number of benzene rings is 2. The van der Waals surface area contributed by atoms with E-state index in [9.17, 15) is 4.79 Å². The van der Waals surface area contributed by atoms with Crippen LogP contribution in [0.2, 0.25) is 0 Å². The van der Waals surface area contributed by atoms with Crippen LogP contribution in [-0.2, 0) is 4.79 Å². The van der Waals surface area contributed by atoms with Crippen LogP contribution in [0, 0.1) is 0 Å². The molecule has 0 aromatic heterocycles. The van der Waals surface area contributed by atoms with Gasteiger partial charge in [-0.05, 0) is 24.1 Å². The SMILES string of the molecule is CC(=Cc1ccccc1)C=C1N=C(c2ccccc2)NC1=O. The molecule has 0 atom stereocenters. The van der Waals surface area contributed by atoms with Gasteiger partial charge in [0.15, 0.2) is 0 Å². The molecule has 1 aliphatic heterocycles. The van der Waals surface area contributed by atoms with E-state index >= 15 is 0 Å². The Kier molecular flexibility index (Phi) is 3.97. The molecular weight excluding hydrogens is 272 g/mol. The van der Waals surface area contributed by atoms with Gasteiger partial charge in [-0.15, -0.1) is 0 Å². The summed E-state index contributed by atoms with van der Waals surface area (Å²) in [6.45, 7) is 1.96. The third-order valence-corrected chi connectivity index (χ3v) is 3.30. The Morgan fingerprint density at radius 3 is 2.32 bits per heavy atom. The van der Waals surface area contributed by atoms with E-state index in [0.29, 0.717) is 11.5 Å². The largest absolute Gasteiger partial charge is 0.305 e. The number of amides is 1. The van der Waals surface area contributed by atoms with E-state index in [4.69, 9.17) is 0 Å². The van der Waals surface area contributed by atoms with Crippen LogP contribution in [0.15, 0.2) is 83.0 Å². The molecule has 0 saturated heterocycles. The first-order valence-corrected chi connectivity index (χ1v) is 7.13. The van der Waals surface area contributed by atoms with Gasteiger partial charge in [0.1, 0.15) is 11.5 Å². The summed E-state index contributed by atoms with van der Waals surface area (Å²) in [5, 5.41) is 2.81. The van der Waals surface area contributed by atoms with Crippen LogP contribution in [0.5, 0.6) is 0 Å². The number of carbonyl (C=O) groups excluding carboxylic acids is 1. The van der Waals surface area contributed by atoms with Crippen LogP contribution in [0.3, 0.4) is 0 Å². The molecule has 0 saturated carbocycles. The lowest BCUT2D eigenvalue weighted by molar-refractivity contribution is -0.115. The smallest absolute Gasteiger partial charge is 0.275 e. The summed E-state index contributed by atoms with van der Waals surface area (Å²) in [6.07, 6.45) is 3.83. The molecule has 1 amide bonds. The second-order valence-corrected chi connectivity index (χ2v) is 5.11. The van der Waals surface area contributed by atoms with E-state index in [-0.39, 0.29) is 5.91 Å². The predicted octanol–water partition coefficient (Wildman–Crippen LogP) is 3.55. The standard InChI is InChI=1S/C19H16N2O/c1-14(12-15-8-4-2-5-9-15)13-17-19(22)21-18(20-17)16-10-6-3-7-11-16/h2-13H,1H3,(H,20,21,22). The van der Waals surface area contributed by atoms with Crippen molar-refractivity contribution >= 4 is 17.8 Å². The lowest BCUT2D eigenvalue weighted by Gasteiger charge is -1.98. The highest BCUT2D eigenvalue weighted by Gasteiger charge is 2.20. The normalized spacial score (nSPS) is 16.6. The molecule has 0 unspecified atom stereocenters. The maximum atomic E-state index is 12.0. The van der Waals surface area contributed by atoms with Crippen molar-refractivity contribution in [2.75, 3.05) is 0 Å². The highest BCUT2D eigenvalue weighted by Crippen LogP contribution is 2.15. The van der Waals surface area contributed by atoms with E-state index < -0.39 is 0 Å². The molecule has 1 heterocycles. The van der Waals surface area contributed by atoms with Gasteiger partial charge in [0.05, 0.1) is 0 Å². The fourth-order valence-corrected chi connectivity index (χ4v) is 2.27. The van der Waals surface area contributed by atoms with Crippen molar-refractivity contribution in [3.8, 4) is 0 Å². The van der Waals surface area contributed by atoms with Crippen molar-refractivity contribution in [1.29, 1.82) is 0 Å². The fourth-order valence-electron chi connectivity index (χ4n) is 2.27. The van der Waals surface area contributed by atoms with Crippen LogP contribution in [0.25, 0.3) is 6.08 Å². The average Bonchev–Trinajstić information content (AvgIpc) is 2.90. The highest BCUT2D eigenvalue weighted by molar-refractivity contribution is 6.18. The number of aliphatic imine (C=N–C) groups is 1. The molecule has 0 aliphatic carbocycles. The van der Waals surface area contributed by atoms with Gasteiger partial charge in [-0.2, -0.15) is 0 Å². The molecule has 22 heavy (non-hydrogen) atoms. The monoisotopic (exact) mass is 288 g/mol. The minimum absolute atomic E-state index is 0.167. The van der Waals surface area contributed by atoms with Crippen molar-refractivity contribution in [3.05, 3.63) is 89.1 Å². The summed E-state index contributed by atoms with van der Waals surface area (Å²) in [7, 11) is 0. The van der Waals surface area contributed by atoms with Gasteiger partial charge in [0.25, 0.3) is 5.91 Å². The van der Waals surface area contributed by atoms with Crippen molar-refractivity contribution in [1.82, 2.24) is 5.32 Å². The van der Waals surface area contributed by atoms with E-state index in [0.717, 1.165) is 16.7 Å². The molecule has 0 fully saturated rings. The second kappa shape index (κ2) is 6.22. The number of carbonyl (C=O) groups is 1. The summed E-state index contributed by atoms with van der Waals surface area (Å²) in [4.78, 5) is 16.4. The third kappa shape index (κ3) is 3.20. The molecule has 0 bridgehead atoms. The Morgan fingerprint density at radius 2 is 1.64 bits per heavy atom. The number of allylic oxidation sites excluding steroid dienone is 2. The average molecular weight is 288 g/mol. The zero-order valence-corrected chi connectivity index (χ0v) is 12.3. The van der Waals surface area contributed by atoms with Crippen LogP contribution in [0.1, 0.15) is 18.1 Å². The number of nitrogens with one attached hydrogen (secondary N) is 1. The molecule has 3 nitrogen and oxygen atoms in total. The minimum Gasteiger partial charge on any atom is -0.305 e. The van der Waals surface area contributed by atoms with E-state index in [1.807, 2.05) is 73.7 Å². The Balaban J connectivity index is 1.86. The maximum absolute atomic E-state index is 12.0. The van der Waals surface area contributed by atoms with Gasteiger partial charge < -0.3 is 5.32 Å². The summed E-state index contributed by atoms with van der Waals surface area (Å²) >= 11 is 0. The molecular formula is C19H16N2O. The Labute approximate surface area is 129 Å². The van der Waals surface area contributed by atoms with Crippen molar-refractivity contribution in [2.45, 2.75) is 6.92 Å². The quantitative estimate of drug-likeness (QED) is 0.862. The van der Waals surface area contributed by atoms with Crippen LogP contribution >= 0.6 is 0 Å². The predicted molar refractivity (Wildman–Crippen MR) is 89.3 cm³/mol. The summed E-state index contributed by atoms with van der Waals surface area (Å²) in [5.74, 6) is 0.434. The van der Waals surface area contributed by atoms with Crippen molar-refractivity contribution in [3.63, 3.8) is 0 Å². The minimum atomic E-state index is -0.167. The van der Waals surface area contributed by atoms with Crippen molar-refractivity contribution in [2.24, 2.45) is 4.99 Å². The van der Waals surface area contributed by atoms with E-state index in [2.05, 4.69) is 10.3 Å². The first-order valence-electron chi connectivity index (χ1n) is 7.13. The maximum Gasteiger partial charge on any atom is 0.275 e. The van der Waals surface area contributed by atoms with Gasteiger partial charge >= 0.3 is 0 Å². The number of hydrogen-bond donors (Lipinski definition) is 1. The van der Waals surface area contributed by atoms with E-state index in [1.165, 1.54) is 0 Å². The molecule has 1 N–H and O–H groups in total. The third-order valence-electron chi connectivity index (χ3n) is 3.30. The zero-order valence-electron chi connectivity index (χ0n) is 12.3.